The van der Waals surface area contributed by atoms with Crippen LogP contribution in [0.3, 0.4) is 0 Å². The van der Waals surface area contributed by atoms with E-state index in [1.165, 1.54) is 44.6 Å². The molecule has 0 aromatic heterocycles. The molecule has 5 rings (SSSR count). The highest BCUT2D eigenvalue weighted by atomic mass is 14.5. The predicted octanol–water partition coefficient (Wildman–Crippen LogP) is 8.49. The summed E-state index contributed by atoms with van der Waals surface area (Å²) in [5.74, 6) is 1.87. The first-order valence-electron chi connectivity index (χ1n) is 11.9. The lowest BCUT2D eigenvalue weighted by Crippen LogP contribution is -2.24. The maximum Gasteiger partial charge on any atom is 0.0166 e. The molecule has 4 aliphatic carbocycles. The largest absolute Gasteiger partial charge is 0.0955 e. The van der Waals surface area contributed by atoms with Crippen molar-refractivity contribution in [2.75, 3.05) is 0 Å². The third-order valence-electron chi connectivity index (χ3n) is 8.29. The van der Waals surface area contributed by atoms with E-state index in [0.29, 0.717) is 23.7 Å². The molecule has 0 radical (unpaired) electrons. The fraction of sp³-hybridized carbons (Fsp3) is 0.355. The van der Waals surface area contributed by atoms with E-state index in [1.807, 2.05) is 0 Å². The summed E-state index contributed by atoms with van der Waals surface area (Å²) in [6, 6.07) is 9.03. The molecule has 0 bridgehead atoms. The van der Waals surface area contributed by atoms with Gasteiger partial charge in [-0.05, 0) is 77.0 Å². The van der Waals surface area contributed by atoms with Gasteiger partial charge in [-0.1, -0.05) is 99.2 Å². The quantitative estimate of drug-likeness (QED) is 0.472. The van der Waals surface area contributed by atoms with Crippen LogP contribution in [0.2, 0.25) is 0 Å². The van der Waals surface area contributed by atoms with Gasteiger partial charge < -0.3 is 0 Å². The summed E-state index contributed by atoms with van der Waals surface area (Å²) >= 11 is 0. The van der Waals surface area contributed by atoms with Crippen molar-refractivity contribution in [3.63, 3.8) is 0 Å². The molecule has 0 heteroatoms. The van der Waals surface area contributed by atoms with Crippen LogP contribution in [0.15, 0.2) is 101 Å². The predicted molar refractivity (Wildman–Crippen MR) is 134 cm³/mol. The Kier molecular flexibility index (Phi) is 4.93. The van der Waals surface area contributed by atoms with Crippen LogP contribution in [0, 0.1) is 17.8 Å². The Morgan fingerprint density at radius 1 is 1.06 bits per heavy atom. The normalized spacial score (nSPS) is 31.7. The molecule has 0 spiro atoms. The molecule has 0 aliphatic heterocycles. The maximum atomic E-state index is 4.76. The van der Waals surface area contributed by atoms with Gasteiger partial charge in [-0.3, -0.25) is 0 Å². The molecule has 1 saturated carbocycles. The standard InChI is InChI=1S/C31H34/c1-7-18(2)28-19(3)16-24-17-27(22(6)29(24)31(28)23-12-8-9-13-23)30-21(5)20(4)25-14-10-11-15-26(25)30/h8-12,14-16,20-21,29,31H,2,6-7,13,17H2,1,3-5H3. The van der Waals surface area contributed by atoms with Crippen molar-refractivity contribution in [2.24, 2.45) is 17.8 Å². The Morgan fingerprint density at radius 2 is 1.84 bits per heavy atom. The first-order valence-corrected chi connectivity index (χ1v) is 11.9. The van der Waals surface area contributed by atoms with Gasteiger partial charge >= 0.3 is 0 Å². The molecule has 1 aromatic rings. The summed E-state index contributed by atoms with van der Waals surface area (Å²) in [7, 11) is 0. The molecule has 0 N–H and O–H groups in total. The van der Waals surface area contributed by atoms with Crippen LogP contribution in [0.4, 0.5) is 0 Å². The molecule has 31 heavy (non-hydrogen) atoms. The molecule has 4 unspecified atom stereocenters. The molecule has 1 aromatic carbocycles. The molecule has 1 fully saturated rings. The smallest absolute Gasteiger partial charge is 0.0166 e. The van der Waals surface area contributed by atoms with Gasteiger partial charge in [-0.15, -0.1) is 0 Å². The van der Waals surface area contributed by atoms with E-state index in [0.717, 1.165) is 19.3 Å². The number of hydrogen-bond acceptors (Lipinski definition) is 0. The van der Waals surface area contributed by atoms with Crippen LogP contribution < -0.4 is 0 Å². The lowest BCUT2D eigenvalue weighted by molar-refractivity contribution is 0.556. The summed E-state index contributed by atoms with van der Waals surface area (Å²) < 4.78 is 0. The topological polar surface area (TPSA) is 0 Å². The number of fused-ring (bicyclic) bond motifs is 2. The summed E-state index contributed by atoms with van der Waals surface area (Å²) in [6.07, 6.45) is 12.4. The lowest BCUT2D eigenvalue weighted by Gasteiger charge is -2.35. The van der Waals surface area contributed by atoms with E-state index < -0.39 is 0 Å². The van der Waals surface area contributed by atoms with Crippen LogP contribution in [0.25, 0.3) is 5.57 Å². The molecular formula is C31H34. The molecule has 4 aliphatic rings. The van der Waals surface area contributed by atoms with Crippen molar-refractivity contribution in [3.8, 4) is 0 Å². The average molecular weight is 407 g/mol. The van der Waals surface area contributed by atoms with Gasteiger partial charge in [0.15, 0.2) is 0 Å². The van der Waals surface area contributed by atoms with E-state index >= 15 is 0 Å². The zero-order valence-electron chi connectivity index (χ0n) is 19.5. The van der Waals surface area contributed by atoms with Gasteiger partial charge in [0.05, 0.1) is 0 Å². The average Bonchev–Trinajstić information content (AvgIpc) is 3.46. The molecule has 0 heterocycles. The second-order valence-electron chi connectivity index (χ2n) is 9.86. The van der Waals surface area contributed by atoms with Gasteiger partial charge in [-0.2, -0.15) is 0 Å². The number of hydrogen-bond donors (Lipinski definition) is 0. The van der Waals surface area contributed by atoms with E-state index in [-0.39, 0.29) is 0 Å². The van der Waals surface area contributed by atoms with Gasteiger partial charge in [0.1, 0.15) is 0 Å². The Morgan fingerprint density at radius 3 is 2.55 bits per heavy atom. The highest BCUT2D eigenvalue weighted by molar-refractivity contribution is 5.82. The van der Waals surface area contributed by atoms with E-state index in [2.05, 4.69) is 82.8 Å². The molecule has 0 amide bonds. The van der Waals surface area contributed by atoms with Gasteiger partial charge in [-0.25, -0.2) is 0 Å². The highest BCUT2D eigenvalue weighted by Gasteiger charge is 2.44. The summed E-state index contributed by atoms with van der Waals surface area (Å²) in [6.45, 7) is 18.6. The van der Waals surface area contributed by atoms with Crippen LogP contribution in [0.5, 0.6) is 0 Å². The van der Waals surface area contributed by atoms with Gasteiger partial charge in [0.25, 0.3) is 0 Å². The minimum absolute atomic E-state index is 0.380. The van der Waals surface area contributed by atoms with E-state index in [1.54, 1.807) is 11.1 Å². The van der Waals surface area contributed by atoms with Crippen molar-refractivity contribution >= 4 is 5.57 Å². The number of rotatable bonds is 3. The number of allylic oxidation sites excluding steroid dienone is 12. The Labute approximate surface area is 188 Å². The number of benzene rings is 1. The van der Waals surface area contributed by atoms with Crippen LogP contribution in [0.1, 0.15) is 64.0 Å². The Bertz CT molecular complexity index is 1140. The van der Waals surface area contributed by atoms with Crippen LogP contribution >= 0.6 is 0 Å². The van der Waals surface area contributed by atoms with E-state index in [9.17, 15) is 0 Å². The second kappa shape index (κ2) is 7.52. The minimum Gasteiger partial charge on any atom is -0.0955 e. The molecule has 0 nitrogen and oxygen atoms in total. The van der Waals surface area contributed by atoms with Crippen LogP contribution in [-0.2, 0) is 0 Å². The molecule has 0 saturated heterocycles. The maximum absolute atomic E-state index is 4.76. The monoisotopic (exact) mass is 406 g/mol. The van der Waals surface area contributed by atoms with Crippen molar-refractivity contribution in [1.82, 2.24) is 0 Å². The molecule has 158 valence electrons. The zero-order chi connectivity index (χ0) is 21.9. The van der Waals surface area contributed by atoms with E-state index in [4.69, 9.17) is 6.58 Å². The highest BCUT2D eigenvalue weighted by Crippen LogP contribution is 2.58. The molecular weight excluding hydrogens is 372 g/mol. The van der Waals surface area contributed by atoms with Gasteiger partial charge in [0, 0.05) is 11.8 Å². The van der Waals surface area contributed by atoms with Crippen molar-refractivity contribution in [2.45, 2.75) is 52.9 Å². The van der Waals surface area contributed by atoms with Crippen molar-refractivity contribution in [1.29, 1.82) is 0 Å². The Hall–Kier alpha value is -2.60. The molecule has 4 atom stereocenters. The first-order chi connectivity index (χ1) is 14.9. The Balaban J connectivity index is 1.66. The lowest BCUT2D eigenvalue weighted by atomic mass is 9.68. The fourth-order valence-electron chi connectivity index (χ4n) is 6.56. The first kappa shape index (κ1) is 20.3. The third kappa shape index (κ3) is 2.95. The SMILES string of the molecule is C=C(CC)C1=C(C)C=C2CC(=C3c4ccccc4C(C)C3C)C(=C)C2C1C1=CC=CC1. The minimum atomic E-state index is 0.380. The van der Waals surface area contributed by atoms with Crippen molar-refractivity contribution < 1.29 is 0 Å². The second-order valence-corrected chi connectivity index (χ2v) is 9.86. The third-order valence-corrected chi connectivity index (χ3v) is 8.29. The zero-order valence-corrected chi connectivity index (χ0v) is 19.5. The summed E-state index contributed by atoms with van der Waals surface area (Å²) in [4.78, 5) is 0. The van der Waals surface area contributed by atoms with Crippen LogP contribution in [-0.4, -0.2) is 0 Å². The fourth-order valence-corrected chi connectivity index (χ4v) is 6.56. The van der Waals surface area contributed by atoms with Crippen molar-refractivity contribution in [3.05, 3.63) is 112 Å². The van der Waals surface area contributed by atoms with Gasteiger partial charge in [0.2, 0.25) is 0 Å². The summed E-state index contributed by atoms with van der Waals surface area (Å²) in [5.41, 5.74) is 14.6. The summed E-state index contributed by atoms with van der Waals surface area (Å²) in [5, 5.41) is 0.